The zero-order valence-corrected chi connectivity index (χ0v) is 18.7. The van der Waals surface area contributed by atoms with E-state index in [1.807, 2.05) is 13.8 Å². The summed E-state index contributed by atoms with van der Waals surface area (Å²) in [7, 11) is 0. The van der Waals surface area contributed by atoms with Gasteiger partial charge in [-0.15, -0.1) is 0 Å². The fraction of sp³-hybridized carbons (Fsp3) is 0.231. The molecule has 0 bridgehead atoms. The van der Waals surface area contributed by atoms with E-state index in [9.17, 15) is 14.7 Å². The molecule has 1 aromatic heterocycles. The van der Waals surface area contributed by atoms with Gasteiger partial charge in [-0.25, -0.2) is 0 Å². The topological polar surface area (TPSA) is 89.2 Å². The average Bonchev–Trinajstić information content (AvgIpc) is 3.35. The third kappa shape index (κ3) is 4.22. The van der Waals surface area contributed by atoms with Gasteiger partial charge in [0.2, 0.25) is 0 Å². The molecule has 0 aliphatic carbocycles. The number of aryl methyl sites for hydroxylation is 1. The average molecular weight is 447 g/mol. The maximum Gasteiger partial charge on any atom is 0.300 e. The molecule has 1 aliphatic heterocycles. The predicted molar refractivity (Wildman–Crippen MR) is 123 cm³/mol. The van der Waals surface area contributed by atoms with Crippen LogP contribution in [0.1, 0.15) is 37.0 Å². The Kier molecular flexibility index (Phi) is 6.22. The molecule has 7 nitrogen and oxygen atoms in total. The fourth-order valence-electron chi connectivity index (χ4n) is 3.91. The van der Waals surface area contributed by atoms with E-state index in [-0.39, 0.29) is 11.3 Å². The Labute approximate surface area is 191 Å². The van der Waals surface area contributed by atoms with E-state index >= 15 is 0 Å². The summed E-state index contributed by atoms with van der Waals surface area (Å²) in [6, 6.07) is 16.2. The van der Waals surface area contributed by atoms with Gasteiger partial charge in [-0.3, -0.25) is 14.5 Å². The molecular weight excluding hydrogens is 422 g/mol. The first-order chi connectivity index (χ1) is 15.9. The summed E-state index contributed by atoms with van der Waals surface area (Å²) in [5.41, 5.74) is 0.782. The molecule has 1 N–H and O–H groups in total. The van der Waals surface area contributed by atoms with Crippen LogP contribution in [0.4, 0.5) is 5.69 Å². The molecule has 1 fully saturated rings. The van der Waals surface area contributed by atoms with Crippen molar-refractivity contribution in [3.05, 3.63) is 83.3 Å². The quantitative estimate of drug-likeness (QED) is 0.311. The molecule has 2 aromatic carbocycles. The maximum absolute atomic E-state index is 13.2. The number of Topliss-reactive ketones (excluding diaryl/α,β-unsaturated/α-hetero) is 1. The number of carbonyl (C=O) groups excluding carboxylic acids is 2. The third-order valence-corrected chi connectivity index (χ3v) is 5.30. The minimum atomic E-state index is -0.939. The second kappa shape index (κ2) is 9.24. The number of amides is 1. The molecule has 33 heavy (non-hydrogen) atoms. The summed E-state index contributed by atoms with van der Waals surface area (Å²) in [6.45, 7) is 6.40. The number of ether oxygens (including phenoxy) is 2. The number of anilines is 1. The van der Waals surface area contributed by atoms with Gasteiger partial charge >= 0.3 is 0 Å². The number of hydrogen-bond donors (Lipinski definition) is 1. The Balaban J connectivity index is 1.89. The summed E-state index contributed by atoms with van der Waals surface area (Å²) in [4.78, 5) is 27.7. The van der Waals surface area contributed by atoms with Gasteiger partial charge in [-0.2, -0.15) is 0 Å². The Bertz CT molecular complexity index is 1220. The van der Waals surface area contributed by atoms with E-state index in [2.05, 4.69) is 0 Å². The number of aliphatic hydroxyl groups excluding tert-OH is 1. The minimum Gasteiger partial charge on any atom is -0.507 e. The number of aliphatic hydroxyl groups is 1. The standard InChI is InChI=1S/C26H25NO6/c1-4-31-19-10-6-8-17(14-19)24(28)22-23(21-13-12-16(3)33-21)27(26(30)25(22)29)18-9-7-11-20(15-18)32-5-2/h6-15,23,28H,4-5H2,1-3H3/b24-22-. The number of hydrogen-bond acceptors (Lipinski definition) is 6. The Morgan fingerprint density at radius 1 is 0.970 bits per heavy atom. The molecule has 2 heterocycles. The van der Waals surface area contributed by atoms with Gasteiger partial charge in [0, 0.05) is 17.3 Å². The minimum absolute atomic E-state index is 0.0511. The van der Waals surface area contributed by atoms with Crippen molar-refractivity contribution in [2.24, 2.45) is 0 Å². The molecule has 0 spiro atoms. The zero-order chi connectivity index (χ0) is 23.5. The summed E-state index contributed by atoms with van der Waals surface area (Å²) < 4.78 is 16.9. The highest BCUT2D eigenvalue weighted by atomic mass is 16.5. The van der Waals surface area contributed by atoms with Crippen LogP contribution < -0.4 is 14.4 Å². The Morgan fingerprint density at radius 3 is 2.27 bits per heavy atom. The number of rotatable bonds is 7. The van der Waals surface area contributed by atoms with E-state index in [1.165, 1.54) is 4.90 Å². The van der Waals surface area contributed by atoms with Crippen molar-refractivity contribution in [1.82, 2.24) is 0 Å². The largest absolute Gasteiger partial charge is 0.507 e. The van der Waals surface area contributed by atoms with Crippen LogP contribution in [-0.4, -0.2) is 30.0 Å². The molecule has 170 valence electrons. The zero-order valence-electron chi connectivity index (χ0n) is 18.7. The van der Waals surface area contributed by atoms with Gasteiger partial charge in [0.15, 0.2) is 0 Å². The van der Waals surface area contributed by atoms with Crippen molar-refractivity contribution in [3.63, 3.8) is 0 Å². The molecule has 7 heteroatoms. The summed E-state index contributed by atoms with van der Waals surface area (Å²) in [6.07, 6.45) is 0. The lowest BCUT2D eigenvalue weighted by molar-refractivity contribution is -0.132. The highest BCUT2D eigenvalue weighted by molar-refractivity contribution is 6.51. The lowest BCUT2D eigenvalue weighted by Crippen LogP contribution is -2.29. The van der Waals surface area contributed by atoms with Gasteiger partial charge in [0.1, 0.15) is 34.8 Å². The normalized spacial score (nSPS) is 17.4. The Hall–Kier alpha value is -4.00. The van der Waals surface area contributed by atoms with E-state index in [1.54, 1.807) is 67.6 Å². The van der Waals surface area contributed by atoms with Gasteiger partial charge in [0.25, 0.3) is 11.7 Å². The number of benzene rings is 2. The van der Waals surface area contributed by atoms with Crippen LogP contribution in [0.2, 0.25) is 0 Å². The number of furan rings is 1. The molecule has 0 saturated carbocycles. The molecule has 1 atom stereocenters. The first-order valence-electron chi connectivity index (χ1n) is 10.8. The summed E-state index contributed by atoms with van der Waals surface area (Å²) in [5.74, 6) is 0.257. The van der Waals surface area contributed by atoms with Crippen LogP contribution >= 0.6 is 0 Å². The molecule has 1 amide bonds. The van der Waals surface area contributed by atoms with Crippen LogP contribution in [0.15, 0.2) is 70.7 Å². The highest BCUT2D eigenvalue weighted by Crippen LogP contribution is 2.43. The van der Waals surface area contributed by atoms with Crippen LogP contribution in [0.5, 0.6) is 11.5 Å². The monoisotopic (exact) mass is 447 g/mol. The SMILES string of the molecule is CCOc1cccc(/C(O)=C2/C(=O)C(=O)N(c3cccc(OCC)c3)C2c2ccc(C)o2)c1. The van der Waals surface area contributed by atoms with E-state index < -0.39 is 17.7 Å². The van der Waals surface area contributed by atoms with E-state index in [4.69, 9.17) is 13.9 Å². The van der Waals surface area contributed by atoms with Crippen LogP contribution in [0.25, 0.3) is 5.76 Å². The van der Waals surface area contributed by atoms with Gasteiger partial charge < -0.3 is 19.0 Å². The molecule has 3 aromatic rings. The highest BCUT2D eigenvalue weighted by Gasteiger charge is 2.48. The van der Waals surface area contributed by atoms with Gasteiger partial charge in [0.05, 0.1) is 18.8 Å². The Morgan fingerprint density at radius 2 is 1.64 bits per heavy atom. The summed E-state index contributed by atoms with van der Waals surface area (Å²) >= 11 is 0. The van der Waals surface area contributed by atoms with Crippen molar-refractivity contribution in [3.8, 4) is 11.5 Å². The molecule has 0 radical (unpaired) electrons. The maximum atomic E-state index is 13.2. The molecule has 1 aliphatic rings. The molecule has 1 saturated heterocycles. The van der Waals surface area contributed by atoms with E-state index in [0.29, 0.717) is 47.5 Å². The first kappa shape index (κ1) is 22.2. The molecular formula is C26H25NO6. The van der Waals surface area contributed by atoms with E-state index in [0.717, 1.165) is 0 Å². The molecule has 1 unspecified atom stereocenters. The summed E-state index contributed by atoms with van der Waals surface area (Å²) in [5, 5.41) is 11.2. The second-order valence-corrected chi connectivity index (χ2v) is 7.51. The fourth-order valence-corrected chi connectivity index (χ4v) is 3.91. The van der Waals surface area contributed by atoms with Crippen molar-refractivity contribution >= 4 is 23.1 Å². The second-order valence-electron chi connectivity index (χ2n) is 7.51. The third-order valence-electron chi connectivity index (χ3n) is 5.30. The number of ketones is 1. The lowest BCUT2D eigenvalue weighted by atomic mass is 9.99. The smallest absolute Gasteiger partial charge is 0.300 e. The predicted octanol–water partition coefficient (Wildman–Crippen LogP) is 5.01. The van der Waals surface area contributed by atoms with Crippen LogP contribution in [-0.2, 0) is 9.59 Å². The lowest BCUT2D eigenvalue weighted by Gasteiger charge is -2.24. The molecule has 4 rings (SSSR count). The number of carbonyl (C=O) groups is 2. The van der Waals surface area contributed by atoms with Crippen LogP contribution in [0, 0.1) is 6.92 Å². The van der Waals surface area contributed by atoms with Crippen LogP contribution in [0.3, 0.4) is 0 Å². The first-order valence-corrected chi connectivity index (χ1v) is 10.8. The van der Waals surface area contributed by atoms with Crippen molar-refractivity contribution in [2.75, 3.05) is 18.1 Å². The van der Waals surface area contributed by atoms with Crippen molar-refractivity contribution in [1.29, 1.82) is 0 Å². The van der Waals surface area contributed by atoms with Gasteiger partial charge in [-0.05, 0) is 57.2 Å². The van der Waals surface area contributed by atoms with Crippen molar-refractivity contribution in [2.45, 2.75) is 26.8 Å². The number of nitrogens with zero attached hydrogens (tertiary/aromatic N) is 1. The van der Waals surface area contributed by atoms with Gasteiger partial charge in [-0.1, -0.05) is 18.2 Å². The van der Waals surface area contributed by atoms with Crippen molar-refractivity contribution < 1.29 is 28.6 Å².